The minimum absolute atomic E-state index is 0.173. The smallest absolute Gasteiger partial charge is 0.264 e. The van der Waals surface area contributed by atoms with Crippen molar-refractivity contribution >= 4 is 11.6 Å². The summed E-state index contributed by atoms with van der Waals surface area (Å²) < 4.78 is 10.6. The van der Waals surface area contributed by atoms with Gasteiger partial charge >= 0.3 is 0 Å². The van der Waals surface area contributed by atoms with Crippen LogP contribution in [0.3, 0.4) is 0 Å². The number of hydrogen-bond donors (Lipinski definition) is 1. The standard InChI is InChI=1S/C16H22N2O4/c1-16(2,3)17-15(19)14-9-12(18-22-14)11-8-10(20-4)6-7-13(11)21-5/h6-8,14H,9H2,1-5H3,(H,17,19)/t14-/m0/s1. The Morgan fingerprint density at radius 2 is 2.05 bits per heavy atom. The van der Waals surface area contributed by atoms with Crippen LogP contribution in [0.5, 0.6) is 11.5 Å². The van der Waals surface area contributed by atoms with Gasteiger partial charge in [-0.3, -0.25) is 4.79 Å². The fourth-order valence-electron chi connectivity index (χ4n) is 2.17. The van der Waals surface area contributed by atoms with Crippen LogP contribution in [-0.4, -0.2) is 37.5 Å². The Labute approximate surface area is 130 Å². The number of methoxy groups -OCH3 is 2. The molecule has 1 aromatic rings. The zero-order valence-corrected chi connectivity index (χ0v) is 13.6. The van der Waals surface area contributed by atoms with Crippen molar-refractivity contribution in [2.45, 2.75) is 38.8 Å². The maximum absolute atomic E-state index is 12.2. The molecule has 1 atom stereocenters. The van der Waals surface area contributed by atoms with E-state index in [2.05, 4.69) is 10.5 Å². The highest BCUT2D eigenvalue weighted by atomic mass is 16.6. The average molecular weight is 306 g/mol. The van der Waals surface area contributed by atoms with Crippen molar-refractivity contribution in [3.05, 3.63) is 23.8 Å². The van der Waals surface area contributed by atoms with Gasteiger partial charge in [0.1, 0.15) is 11.5 Å². The molecule has 0 spiro atoms. The molecule has 2 rings (SSSR count). The van der Waals surface area contributed by atoms with Gasteiger partial charge in [0.2, 0.25) is 6.10 Å². The number of amides is 1. The second kappa shape index (κ2) is 6.25. The molecule has 0 aromatic heterocycles. The van der Waals surface area contributed by atoms with E-state index in [4.69, 9.17) is 14.3 Å². The maximum atomic E-state index is 12.2. The lowest BCUT2D eigenvalue weighted by Gasteiger charge is -2.22. The summed E-state index contributed by atoms with van der Waals surface area (Å²) in [5.41, 5.74) is 1.13. The van der Waals surface area contributed by atoms with Gasteiger partial charge in [-0.1, -0.05) is 5.16 Å². The Bertz CT molecular complexity index is 590. The van der Waals surface area contributed by atoms with Gasteiger partial charge in [0.05, 0.1) is 19.9 Å². The highest BCUT2D eigenvalue weighted by molar-refractivity contribution is 6.06. The van der Waals surface area contributed by atoms with Crippen LogP contribution < -0.4 is 14.8 Å². The van der Waals surface area contributed by atoms with Crippen molar-refractivity contribution < 1.29 is 19.1 Å². The van der Waals surface area contributed by atoms with Gasteiger partial charge in [-0.05, 0) is 39.0 Å². The Kier molecular flexibility index (Phi) is 4.59. The molecule has 0 bridgehead atoms. The molecule has 1 amide bonds. The Hall–Kier alpha value is -2.24. The van der Waals surface area contributed by atoms with Gasteiger partial charge in [0, 0.05) is 17.5 Å². The molecule has 0 saturated heterocycles. The van der Waals surface area contributed by atoms with E-state index in [1.807, 2.05) is 32.9 Å². The van der Waals surface area contributed by atoms with Crippen molar-refractivity contribution in [1.82, 2.24) is 5.32 Å². The lowest BCUT2D eigenvalue weighted by atomic mass is 10.0. The molecule has 1 aromatic carbocycles. The summed E-state index contributed by atoms with van der Waals surface area (Å²) >= 11 is 0. The van der Waals surface area contributed by atoms with Gasteiger partial charge in [-0.15, -0.1) is 0 Å². The average Bonchev–Trinajstić information content (AvgIpc) is 2.94. The van der Waals surface area contributed by atoms with E-state index < -0.39 is 6.10 Å². The summed E-state index contributed by atoms with van der Waals surface area (Å²) in [6, 6.07) is 5.44. The van der Waals surface area contributed by atoms with Crippen molar-refractivity contribution in [1.29, 1.82) is 0 Å². The number of oxime groups is 1. The van der Waals surface area contributed by atoms with Gasteiger partial charge in [0.15, 0.2) is 0 Å². The molecule has 0 unspecified atom stereocenters. The van der Waals surface area contributed by atoms with Gasteiger partial charge in [-0.2, -0.15) is 0 Å². The number of nitrogens with zero attached hydrogens (tertiary/aromatic N) is 1. The molecule has 0 radical (unpaired) electrons. The molecule has 1 aliphatic rings. The third-order valence-corrected chi connectivity index (χ3v) is 3.18. The number of benzene rings is 1. The van der Waals surface area contributed by atoms with Crippen LogP contribution in [-0.2, 0) is 9.63 Å². The molecule has 1 N–H and O–H groups in total. The maximum Gasteiger partial charge on any atom is 0.264 e. The van der Waals surface area contributed by atoms with E-state index in [9.17, 15) is 4.79 Å². The number of hydrogen-bond acceptors (Lipinski definition) is 5. The summed E-state index contributed by atoms with van der Waals surface area (Å²) in [5, 5.41) is 6.93. The van der Waals surface area contributed by atoms with Crippen LogP contribution in [0, 0.1) is 0 Å². The van der Waals surface area contributed by atoms with Crippen molar-refractivity contribution in [2.24, 2.45) is 5.16 Å². The largest absolute Gasteiger partial charge is 0.497 e. The summed E-state index contributed by atoms with van der Waals surface area (Å²) in [5.74, 6) is 1.19. The molecule has 0 fully saturated rings. The fraction of sp³-hybridized carbons (Fsp3) is 0.500. The number of rotatable bonds is 4. The van der Waals surface area contributed by atoms with Crippen LogP contribution >= 0.6 is 0 Å². The fourth-order valence-corrected chi connectivity index (χ4v) is 2.17. The topological polar surface area (TPSA) is 69.1 Å². The predicted octanol–water partition coefficient (Wildman–Crippen LogP) is 2.11. The third kappa shape index (κ3) is 3.69. The van der Waals surface area contributed by atoms with Gasteiger partial charge < -0.3 is 19.6 Å². The van der Waals surface area contributed by atoms with Crippen LogP contribution in [0.25, 0.3) is 0 Å². The van der Waals surface area contributed by atoms with Crippen molar-refractivity contribution in [3.8, 4) is 11.5 Å². The first-order valence-electron chi connectivity index (χ1n) is 7.11. The van der Waals surface area contributed by atoms with E-state index in [0.717, 1.165) is 5.56 Å². The first kappa shape index (κ1) is 16.1. The van der Waals surface area contributed by atoms with Crippen LogP contribution in [0.1, 0.15) is 32.8 Å². The van der Waals surface area contributed by atoms with Crippen LogP contribution in [0.4, 0.5) is 0 Å². The highest BCUT2D eigenvalue weighted by Gasteiger charge is 2.32. The minimum Gasteiger partial charge on any atom is -0.497 e. The lowest BCUT2D eigenvalue weighted by Crippen LogP contribution is -2.45. The Morgan fingerprint density at radius 1 is 1.32 bits per heavy atom. The molecule has 0 saturated carbocycles. The molecule has 1 heterocycles. The number of carbonyl (C=O) groups excluding carboxylic acids is 1. The summed E-state index contributed by atoms with van der Waals surface area (Å²) in [7, 11) is 3.18. The molecule has 6 nitrogen and oxygen atoms in total. The molecular formula is C16H22N2O4. The summed E-state index contributed by atoms with van der Waals surface area (Å²) in [6.07, 6.45) is -0.226. The van der Waals surface area contributed by atoms with Gasteiger partial charge in [0.25, 0.3) is 5.91 Å². The molecule has 120 valence electrons. The molecule has 6 heteroatoms. The number of ether oxygens (including phenoxy) is 2. The summed E-state index contributed by atoms with van der Waals surface area (Å²) in [4.78, 5) is 17.4. The predicted molar refractivity (Wildman–Crippen MR) is 83.5 cm³/mol. The zero-order chi connectivity index (χ0) is 16.3. The monoisotopic (exact) mass is 306 g/mol. The number of carbonyl (C=O) groups is 1. The molecule has 1 aliphatic heterocycles. The Balaban J connectivity index is 2.14. The van der Waals surface area contributed by atoms with Crippen molar-refractivity contribution in [3.63, 3.8) is 0 Å². The quantitative estimate of drug-likeness (QED) is 0.925. The van der Waals surface area contributed by atoms with E-state index in [1.165, 1.54) is 0 Å². The Morgan fingerprint density at radius 3 is 2.64 bits per heavy atom. The molecular weight excluding hydrogens is 284 g/mol. The lowest BCUT2D eigenvalue weighted by molar-refractivity contribution is -0.132. The highest BCUT2D eigenvalue weighted by Crippen LogP contribution is 2.28. The first-order chi connectivity index (χ1) is 10.3. The minimum atomic E-state index is -0.620. The van der Waals surface area contributed by atoms with Gasteiger partial charge in [-0.25, -0.2) is 0 Å². The normalized spacial score (nSPS) is 17.5. The van der Waals surface area contributed by atoms with E-state index >= 15 is 0 Å². The zero-order valence-electron chi connectivity index (χ0n) is 13.6. The van der Waals surface area contributed by atoms with E-state index in [-0.39, 0.29) is 11.4 Å². The molecule has 22 heavy (non-hydrogen) atoms. The van der Waals surface area contributed by atoms with Crippen LogP contribution in [0.2, 0.25) is 0 Å². The second-order valence-corrected chi connectivity index (χ2v) is 6.14. The summed E-state index contributed by atoms with van der Waals surface area (Å²) in [6.45, 7) is 5.77. The van der Waals surface area contributed by atoms with E-state index in [1.54, 1.807) is 20.3 Å². The first-order valence-corrected chi connectivity index (χ1v) is 7.11. The third-order valence-electron chi connectivity index (χ3n) is 3.18. The SMILES string of the molecule is COc1ccc(OC)c(C2=NO[C@H](C(=O)NC(C)(C)C)C2)c1. The van der Waals surface area contributed by atoms with E-state index in [0.29, 0.717) is 23.6 Å². The second-order valence-electron chi connectivity index (χ2n) is 6.14. The van der Waals surface area contributed by atoms with Crippen LogP contribution in [0.15, 0.2) is 23.4 Å². The number of nitrogens with one attached hydrogen (secondary N) is 1. The molecule has 0 aliphatic carbocycles. The van der Waals surface area contributed by atoms with Crippen molar-refractivity contribution in [2.75, 3.05) is 14.2 Å².